The zero-order valence-electron chi connectivity index (χ0n) is 20.1. The topological polar surface area (TPSA) is 115 Å². The van der Waals surface area contributed by atoms with Gasteiger partial charge in [-0.3, -0.25) is 19.8 Å². The van der Waals surface area contributed by atoms with Gasteiger partial charge in [-0.05, 0) is 36.5 Å². The first-order valence-electron chi connectivity index (χ1n) is 11.1. The maximum Gasteiger partial charge on any atom is 0.384 e. The molecule has 34 heavy (non-hydrogen) atoms. The van der Waals surface area contributed by atoms with Crippen LogP contribution in [0.25, 0.3) is 0 Å². The van der Waals surface area contributed by atoms with Gasteiger partial charge in [0.2, 0.25) is 5.91 Å². The van der Waals surface area contributed by atoms with E-state index in [1.54, 1.807) is 24.3 Å². The summed E-state index contributed by atoms with van der Waals surface area (Å²) in [5, 5.41) is 9.92. The molecule has 9 heteroatoms. The van der Waals surface area contributed by atoms with Crippen molar-refractivity contribution < 1.29 is 28.5 Å². The van der Waals surface area contributed by atoms with Gasteiger partial charge in [-0.1, -0.05) is 44.7 Å². The van der Waals surface area contributed by atoms with E-state index in [2.05, 4.69) is 18.5 Å². The first-order chi connectivity index (χ1) is 16.3. The van der Waals surface area contributed by atoms with Crippen molar-refractivity contribution in [2.45, 2.75) is 45.0 Å². The molecule has 0 bridgehead atoms. The fourth-order valence-electron chi connectivity index (χ4n) is 3.35. The zero-order chi connectivity index (χ0) is 25.5. The predicted molar refractivity (Wildman–Crippen MR) is 132 cm³/mol. The molecule has 0 aromatic heterocycles. The molecule has 8 nitrogen and oxygen atoms in total. The molecule has 0 heterocycles. The van der Waals surface area contributed by atoms with Gasteiger partial charge in [0, 0.05) is 6.42 Å². The Bertz CT molecular complexity index is 840. The van der Waals surface area contributed by atoms with Crippen molar-refractivity contribution >= 4 is 31.5 Å². The van der Waals surface area contributed by atoms with Crippen LogP contribution >= 0.6 is 0 Å². The number of ketones is 1. The lowest BCUT2D eigenvalue weighted by Gasteiger charge is -2.25. The Balaban J connectivity index is 2.94. The highest BCUT2D eigenvalue weighted by Crippen LogP contribution is 2.20. The summed E-state index contributed by atoms with van der Waals surface area (Å²) in [5.41, 5.74) is 0.847. The third-order valence-corrected chi connectivity index (χ3v) is 5.14. The molecule has 0 saturated heterocycles. The molecule has 0 aliphatic rings. The number of carbonyl (C=O) groups excluding carboxylic acids is 3. The summed E-state index contributed by atoms with van der Waals surface area (Å²) < 4.78 is 15.2. The minimum absolute atomic E-state index is 0.0701. The number of benzene rings is 1. The fraction of sp³-hybridized carbons (Fsp3) is 0.440. The average Bonchev–Trinajstić information content (AvgIpc) is 2.83. The van der Waals surface area contributed by atoms with E-state index >= 15 is 0 Å². The van der Waals surface area contributed by atoms with Crippen molar-refractivity contribution in [2.24, 2.45) is 11.8 Å². The molecule has 3 atom stereocenters. The molecule has 1 aromatic carbocycles. The van der Waals surface area contributed by atoms with Crippen LogP contribution in [0.15, 0.2) is 49.6 Å². The quantitative estimate of drug-likeness (QED) is 0.119. The van der Waals surface area contributed by atoms with Gasteiger partial charge >= 0.3 is 13.5 Å². The smallest absolute Gasteiger partial charge is 0.384 e. The van der Waals surface area contributed by atoms with E-state index in [1.807, 2.05) is 26.0 Å². The molecular formula is C25H34BN2O6. The van der Waals surface area contributed by atoms with Gasteiger partial charge < -0.3 is 19.4 Å². The van der Waals surface area contributed by atoms with E-state index in [9.17, 15) is 14.4 Å². The van der Waals surface area contributed by atoms with Gasteiger partial charge in [0.25, 0.3) is 0 Å². The molecule has 1 amide bonds. The number of carbonyl (C=O) groups is 3. The lowest BCUT2D eigenvalue weighted by Crippen LogP contribution is -2.47. The minimum Gasteiger partial charge on any atom is -0.555 e. The van der Waals surface area contributed by atoms with E-state index < -0.39 is 29.7 Å². The molecule has 1 aromatic rings. The number of nitrogens with one attached hydrogen (secondary N) is 2. The van der Waals surface area contributed by atoms with Crippen LogP contribution in [-0.2, 0) is 30.2 Å². The standard InChI is InChI=1S/C25H34BN2O6/c1-6-8-19(25(31)32-5)15-22(29)23(17(3)4)28-24(30)21(26-34-16-27)14-18-9-11-20(12-10-18)33-13-7-2/h6-7,9-12,16-17,19,21,23,27H,1-2,8,13-15H2,3-5H3,(H,28,30)/t19-,21+,23+/m1/s1. The van der Waals surface area contributed by atoms with Crippen LogP contribution in [0.1, 0.15) is 32.3 Å². The lowest BCUT2D eigenvalue weighted by molar-refractivity contribution is -0.147. The number of ether oxygens (including phenoxy) is 2. The van der Waals surface area contributed by atoms with Gasteiger partial charge in [-0.15, -0.1) is 6.58 Å². The predicted octanol–water partition coefficient (Wildman–Crippen LogP) is 3.29. The first kappa shape index (κ1) is 28.7. The summed E-state index contributed by atoms with van der Waals surface area (Å²) in [7, 11) is 2.54. The summed E-state index contributed by atoms with van der Waals surface area (Å²) in [6, 6.07) is 6.45. The second-order valence-corrected chi connectivity index (χ2v) is 8.09. The molecule has 0 aliphatic heterocycles. The summed E-state index contributed by atoms with van der Waals surface area (Å²) in [4.78, 5) is 38.1. The Labute approximate surface area is 202 Å². The van der Waals surface area contributed by atoms with E-state index in [0.29, 0.717) is 25.2 Å². The molecule has 1 rings (SSSR count). The second kappa shape index (κ2) is 15.5. The molecule has 0 saturated carbocycles. The number of allylic oxidation sites excluding steroid dienone is 1. The van der Waals surface area contributed by atoms with Gasteiger partial charge in [-0.25, -0.2) is 0 Å². The summed E-state index contributed by atoms with van der Waals surface area (Å²) >= 11 is 0. The molecule has 183 valence electrons. The molecule has 0 aliphatic carbocycles. The number of Topliss-reactive ketones (excluding diaryl/α,β-unsaturated/α-hetero) is 1. The van der Waals surface area contributed by atoms with Crippen molar-refractivity contribution in [2.75, 3.05) is 13.7 Å². The third-order valence-electron chi connectivity index (χ3n) is 5.14. The monoisotopic (exact) mass is 469 g/mol. The third kappa shape index (κ3) is 9.64. The van der Waals surface area contributed by atoms with Gasteiger partial charge in [-0.2, -0.15) is 0 Å². The van der Waals surface area contributed by atoms with Gasteiger partial charge in [0.15, 0.2) is 5.78 Å². The van der Waals surface area contributed by atoms with Crippen molar-refractivity contribution in [3.05, 3.63) is 55.1 Å². The normalized spacial score (nSPS) is 13.1. The lowest BCUT2D eigenvalue weighted by atomic mass is 9.74. The van der Waals surface area contributed by atoms with Gasteiger partial charge in [0.05, 0.1) is 24.9 Å². The van der Waals surface area contributed by atoms with E-state index in [-0.39, 0.29) is 18.1 Å². The Morgan fingerprint density at radius 2 is 1.82 bits per heavy atom. The van der Waals surface area contributed by atoms with Crippen LogP contribution in [0.3, 0.4) is 0 Å². The maximum absolute atomic E-state index is 13.1. The Morgan fingerprint density at radius 3 is 2.35 bits per heavy atom. The molecule has 0 fully saturated rings. The number of esters is 1. The Kier molecular flexibility index (Phi) is 13.1. The average molecular weight is 469 g/mol. The number of hydrogen-bond acceptors (Lipinski definition) is 7. The van der Waals surface area contributed by atoms with E-state index in [4.69, 9.17) is 19.5 Å². The SMILES string of the molecule is C=CCOc1ccc(C[C@H]([B]OC=N)C(=O)N[C@H](C(=O)C[C@@H](CC=C)C(=O)OC)C(C)C)cc1. The van der Waals surface area contributed by atoms with Crippen molar-refractivity contribution in [3.63, 3.8) is 0 Å². The van der Waals surface area contributed by atoms with Crippen molar-refractivity contribution in [1.82, 2.24) is 5.32 Å². The molecule has 2 N–H and O–H groups in total. The molecular weight excluding hydrogens is 435 g/mol. The van der Waals surface area contributed by atoms with E-state index in [0.717, 1.165) is 12.0 Å². The number of hydrogen-bond donors (Lipinski definition) is 2. The largest absolute Gasteiger partial charge is 0.555 e. The van der Waals surface area contributed by atoms with Crippen LogP contribution in [0, 0.1) is 17.2 Å². The number of amides is 1. The molecule has 0 spiro atoms. The second-order valence-electron chi connectivity index (χ2n) is 8.09. The van der Waals surface area contributed by atoms with Crippen LogP contribution < -0.4 is 10.1 Å². The highest BCUT2D eigenvalue weighted by Gasteiger charge is 2.32. The fourth-order valence-corrected chi connectivity index (χ4v) is 3.35. The van der Waals surface area contributed by atoms with Crippen molar-refractivity contribution in [3.8, 4) is 5.75 Å². The first-order valence-corrected chi connectivity index (χ1v) is 11.1. The minimum atomic E-state index is -0.796. The van der Waals surface area contributed by atoms with Crippen LogP contribution in [0.2, 0.25) is 5.82 Å². The van der Waals surface area contributed by atoms with Crippen LogP contribution in [0.4, 0.5) is 0 Å². The summed E-state index contributed by atoms with van der Waals surface area (Å²) in [5.74, 6) is -2.11. The molecule has 1 radical (unpaired) electrons. The maximum atomic E-state index is 13.1. The van der Waals surface area contributed by atoms with Crippen molar-refractivity contribution in [1.29, 1.82) is 5.41 Å². The summed E-state index contributed by atoms with van der Waals surface area (Å²) in [6.45, 7) is 11.3. The highest BCUT2D eigenvalue weighted by molar-refractivity contribution is 6.39. The highest BCUT2D eigenvalue weighted by atomic mass is 16.5. The number of rotatable bonds is 17. The number of methoxy groups -OCH3 is 1. The van der Waals surface area contributed by atoms with Crippen LogP contribution in [-0.4, -0.2) is 51.3 Å². The molecule has 0 unspecified atom stereocenters. The Hall–Kier alpha value is -3.36. The van der Waals surface area contributed by atoms with Gasteiger partial charge in [0.1, 0.15) is 18.8 Å². The zero-order valence-corrected chi connectivity index (χ0v) is 20.1. The Morgan fingerprint density at radius 1 is 1.15 bits per heavy atom. The van der Waals surface area contributed by atoms with E-state index in [1.165, 1.54) is 14.6 Å². The van der Waals surface area contributed by atoms with Crippen LogP contribution in [0.5, 0.6) is 5.75 Å². The summed E-state index contributed by atoms with van der Waals surface area (Å²) in [6.07, 6.45) is 4.46.